The highest BCUT2D eigenvalue weighted by atomic mass is 35.5. The topological polar surface area (TPSA) is 78.4 Å². The van der Waals surface area contributed by atoms with E-state index in [2.05, 4.69) is 10.6 Å². The summed E-state index contributed by atoms with van der Waals surface area (Å²) in [5.74, 6) is -0.776. The largest absolute Gasteiger partial charge is 0.481 e. The molecular weight excluding hydrogens is 292 g/mol. The Labute approximate surface area is 129 Å². The number of aliphatic carboxylic acids is 1. The minimum Gasteiger partial charge on any atom is -0.481 e. The lowest BCUT2D eigenvalue weighted by molar-refractivity contribution is -0.137. The predicted molar refractivity (Wildman–Crippen MR) is 82.7 cm³/mol. The Kier molecular flexibility index (Phi) is 8.28. The van der Waals surface area contributed by atoms with Crippen LogP contribution >= 0.6 is 11.6 Å². The first-order valence-electron chi connectivity index (χ1n) is 7.06. The van der Waals surface area contributed by atoms with Crippen molar-refractivity contribution in [3.05, 3.63) is 34.9 Å². The van der Waals surface area contributed by atoms with Crippen LogP contribution in [0.3, 0.4) is 0 Å². The van der Waals surface area contributed by atoms with Gasteiger partial charge in [-0.3, -0.25) is 4.79 Å². The van der Waals surface area contributed by atoms with E-state index in [4.69, 9.17) is 16.7 Å². The van der Waals surface area contributed by atoms with Gasteiger partial charge in [0, 0.05) is 24.5 Å². The summed E-state index contributed by atoms with van der Waals surface area (Å²) in [5, 5.41) is 14.7. The van der Waals surface area contributed by atoms with Gasteiger partial charge in [0.05, 0.1) is 0 Å². The Morgan fingerprint density at radius 2 is 1.86 bits per heavy atom. The fourth-order valence-corrected chi connectivity index (χ4v) is 2.07. The number of carboxylic acid groups (broad SMARTS) is 1. The van der Waals surface area contributed by atoms with E-state index >= 15 is 0 Å². The third-order valence-electron chi connectivity index (χ3n) is 2.94. The molecule has 0 aromatic heterocycles. The molecule has 0 saturated carbocycles. The number of urea groups is 1. The van der Waals surface area contributed by atoms with Crippen molar-refractivity contribution in [2.24, 2.45) is 0 Å². The first-order chi connectivity index (χ1) is 10.1. The molecule has 0 heterocycles. The zero-order valence-electron chi connectivity index (χ0n) is 11.9. The van der Waals surface area contributed by atoms with E-state index in [1.54, 1.807) is 0 Å². The van der Waals surface area contributed by atoms with Gasteiger partial charge in [0.25, 0.3) is 0 Å². The molecule has 0 aliphatic rings. The Bertz CT molecular complexity index is 466. The van der Waals surface area contributed by atoms with Gasteiger partial charge in [-0.2, -0.15) is 0 Å². The van der Waals surface area contributed by atoms with Crippen LogP contribution in [0.15, 0.2) is 24.3 Å². The number of hydrogen-bond donors (Lipinski definition) is 3. The molecule has 6 heteroatoms. The first-order valence-corrected chi connectivity index (χ1v) is 7.43. The zero-order valence-corrected chi connectivity index (χ0v) is 12.7. The lowest BCUT2D eigenvalue weighted by atomic mass is 10.1. The summed E-state index contributed by atoms with van der Waals surface area (Å²) in [7, 11) is 0. The normalized spacial score (nSPS) is 10.1. The minimum absolute atomic E-state index is 0.186. The quantitative estimate of drug-likeness (QED) is 0.613. The molecular formula is C15H21ClN2O3. The van der Waals surface area contributed by atoms with E-state index in [1.165, 1.54) is 0 Å². The molecule has 2 amide bonds. The van der Waals surface area contributed by atoms with Crippen LogP contribution in [-0.4, -0.2) is 30.2 Å². The zero-order chi connectivity index (χ0) is 15.5. The molecule has 5 nitrogen and oxygen atoms in total. The van der Waals surface area contributed by atoms with Gasteiger partial charge in [-0.05, 0) is 37.0 Å². The summed E-state index contributed by atoms with van der Waals surface area (Å²) in [6.45, 7) is 1.10. The highest BCUT2D eigenvalue weighted by Gasteiger charge is 2.01. The third kappa shape index (κ3) is 8.92. The van der Waals surface area contributed by atoms with Gasteiger partial charge in [-0.1, -0.05) is 30.2 Å². The molecule has 0 spiro atoms. The number of carbonyl (C=O) groups is 2. The molecule has 0 bridgehead atoms. The maximum atomic E-state index is 11.5. The fraction of sp³-hybridized carbons (Fsp3) is 0.467. The van der Waals surface area contributed by atoms with Crippen LogP contribution in [0.4, 0.5) is 4.79 Å². The highest BCUT2D eigenvalue weighted by molar-refractivity contribution is 6.30. The smallest absolute Gasteiger partial charge is 0.314 e. The van der Waals surface area contributed by atoms with Gasteiger partial charge in [0.2, 0.25) is 0 Å². The Morgan fingerprint density at radius 3 is 2.57 bits per heavy atom. The second kappa shape index (κ2) is 10.0. The number of unbranched alkanes of at least 4 members (excludes halogenated alkanes) is 2. The van der Waals surface area contributed by atoms with Crippen molar-refractivity contribution in [1.82, 2.24) is 10.6 Å². The van der Waals surface area contributed by atoms with Crippen molar-refractivity contribution in [3.8, 4) is 0 Å². The van der Waals surface area contributed by atoms with Crippen molar-refractivity contribution < 1.29 is 14.7 Å². The standard InChI is InChI=1S/C15H21ClN2O3/c16-13-6-4-5-12(11-13)8-10-18-15(21)17-9-3-1-2-7-14(19)20/h4-6,11H,1-3,7-10H2,(H,19,20)(H2,17,18,21). The second-order valence-electron chi connectivity index (χ2n) is 4.77. The molecule has 21 heavy (non-hydrogen) atoms. The van der Waals surface area contributed by atoms with E-state index in [0.717, 1.165) is 24.8 Å². The van der Waals surface area contributed by atoms with Crippen molar-refractivity contribution in [1.29, 1.82) is 0 Å². The lowest BCUT2D eigenvalue weighted by Gasteiger charge is -2.07. The van der Waals surface area contributed by atoms with E-state index in [-0.39, 0.29) is 12.5 Å². The highest BCUT2D eigenvalue weighted by Crippen LogP contribution is 2.10. The second-order valence-corrected chi connectivity index (χ2v) is 5.20. The van der Waals surface area contributed by atoms with E-state index < -0.39 is 5.97 Å². The summed E-state index contributed by atoms with van der Waals surface area (Å²) < 4.78 is 0. The SMILES string of the molecule is O=C(O)CCCCCNC(=O)NCCc1cccc(Cl)c1. The monoisotopic (exact) mass is 312 g/mol. The summed E-state index contributed by atoms with van der Waals surface area (Å²) in [5.41, 5.74) is 1.08. The van der Waals surface area contributed by atoms with Gasteiger partial charge < -0.3 is 15.7 Å². The molecule has 0 fully saturated rings. The number of amides is 2. The molecule has 116 valence electrons. The molecule has 3 N–H and O–H groups in total. The molecule has 1 aromatic carbocycles. The Morgan fingerprint density at radius 1 is 1.10 bits per heavy atom. The minimum atomic E-state index is -0.776. The van der Waals surface area contributed by atoms with Crippen LogP contribution in [0, 0.1) is 0 Å². The fourth-order valence-electron chi connectivity index (χ4n) is 1.86. The van der Waals surface area contributed by atoms with Crippen molar-refractivity contribution in [2.75, 3.05) is 13.1 Å². The number of rotatable bonds is 9. The summed E-state index contributed by atoms with van der Waals surface area (Å²) in [6.07, 6.45) is 3.15. The molecule has 1 rings (SSSR count). The van der Waals surface area contributed by atoms with Crippen LogP contribution in [-0.2, 0) is 11.2 Å². The predicted octanol–water partition coefficient (Wildman–Crippen LogP) is 2.83. The molecule has 0 saturated heterocycles. The number of carboxylic acids is 1. The summed E-state index contributed by atoms with van der Waals surface area (Å²) in [4.78, 5) is 21.8. The average Bonchev–Trinajstić information content (AvgIpc) is 2.42. The third-order valence-corrected chi connectivity index (χ3v) is 3.18. The number of halogens is 1. The number of hydrogen-bond acceptors (Lipinski definition) is 2. The molecule has 0 aliphatic heterocycles. The average molecular weight is 313 g/mol. The van der Waals surface area contributed by atoms with Gasteiger partial charge in [0.15, 0.2) is 0 Å². The molecule has 0 radical (unpaired) electrons. The van der Waals surface area contributed by atoms with Crippen molar-refractivity contribution in [2.45, 2.75) is 32.1 Å². The molecule has 0 aliphatic carbocycles. The van der Waals surface area contributed by atoms with Crippen LogP contribution in [0.2, 0.25) is 5.02 Å². The Hall–Kier alpha value is -1.75. The van der Waals surface area contributed by atoms with Crippen molar-refractivity contribution >= 4 is 23.6 Å². The van der Waals surface area contributed by atoms with Crippen LogP contribution < -0.4 is 10.6 Å². The first kappa shape index (κ1) is 17.3. The number of carbonyl (C=O) groups excluding carboxylic acids is 1. The maximum Gasteiger partial charge on any atom is 0.314 e. The van der Waals surface area contributed by atoms with Gasteiger partial charge >= 0.3 is 12.0 Å². The van der Waals surface area contributed by atoms with E-state index in [0.29, 0.717) is 24.5 Å². The van der Waals surface area contributed by atoms with E-state index in [1.807, 2.05) is 24.3 Å². The number of nitrogens with one attached hydrogen (secondary N) is 2. The van der Waals surface area contributed by atoms with Gasteiger partial charge in [-0.25, -0.2) is 4.79 Å². The van der Waals surface area contributed by atoms with Gasteiger partial charge in [-0.15, -0.1) is 0 Å². The molecule has 0 unspecified atom stereocenters. The van der Waals surface area contributed by atoms with Crippen LogP contribution in [0.1, 0.15) is 31.2 Å². The van der Waals surface area contributed by atoms with Crippen LogP contribution in [0.25, 0.3) is 0 Å². The molecule has 0 atom stereocenters. The molecule has 1 aromatic rings. The summed E-state index contributed by atoms with van der Waals surface area (Å²) in [6, 6.07) is 7.34. The summed E-state index contributed by atoms with van der Waals surface area (Å²) >= 11 is 5.88. The van der Waals surface area contributed by atoms with Gasteiger partial charge in [0.1, 0.15) is 0 Å². The van der Waals surface area contributed by atoms with Crippen molar-refractivity contribution in [3.63, 3.8) is 0 Å². The lowest BCUT2D eigenvalue weighted by Crippen LogP contribution is -2.37. The Balaban J connectivity index is 2.02. The maximum absolute atomic E-state index is 11.5. The van der Waals surface area contributed by atoms with Crippen LogP contribution in [0.5, 0.6) is 0 Å². The van der Waals surface area contributed by atoms with E-state index in [9.17, 15) is 9.59 Å². The number of benzene rings is 1.